The zero-order chi connectivity index (χ0) is 11.8. The average molecular weight is 214 g/mol. The summed E-state index contributed by atoms with van der Waals surface area (Å²) in [6.07, 6.45) is 3.55. The molecule has 0 heterocycles. The molecule has 3 nitrogen and oxygen atoms in total. The van der Waals surface area contributed by atoms with Crippen LogP contribution < -0.4 is 0 Å². The van der Waals surface area contributed by atoms with E-state index in [2.05, 4.69) is 0 Å². The number of allylic oxidation sites excluding steroid dienone is 2. The van der Waals surface area contributed by atoms with Crippen molar-refractivity contribution >= 4 is 0 Å². The molecular weight excluding hydrogens is 192 g/mol. The Morgan fingerprint density at radius 3 is 1.40 bits per heavy atom. The van der Waals surface area contributed by atoms with Crippen molar-refractivity contribution in [3.8, 4) is 0 Å². The highest BCUT2D eigenvalue weighted by Crippen LogP contribution is 2.07. The van der Waals surface area contributed by atoms with E-state index >= 15 is 0 Å². The third kappa shape index (κ3) is 9.19. The molecule has 0 aliphatic heterocycles. The van der Waals surface area contributed by atoms with Crippen molar-refractivity contribution in [3.63, 3.8) is 0 Å². The summed E-state index contributed by atoms with van der Waals surface area (Å²) in [6.45, 7) is 11.6. The fourth-order valence-electron chi connectivity index (χ4n) is 0.766. The fourth-order valence-corrected chi connectivity index (χ4v) is 0.766. The van der Waals surface area contributed by atoms with Crippen LogP contribution in [-0.2, 0) is 14.2 Å². The Hall–Kier alpha value is -1.12. The van der Waals surface area contributed by atoms with Gasteiger partial charge in [0.15, 0.2) is 0 Å². The van der Waals surface area contributed by atoms with Crippen LogP contribution in [-0.4, -0.2) is 12.2 Å². The minimum absolute atomic E-state index is 0.166. The summed E-state index contributed by atoms with van der Waals surface area (Å²) in [7, 11) is 0. The lowest BCUT2D eigenvalue weighted by Gasteiger charge is -2.10. The minimum atomic E-state index is 0.166. The molecule has 88 valence electrons. The lowest BCUT2D eigenvalue weighted by Crippen LogP contribution is -1.99. The first-order valence-corrected chi connectivity index (χ1v) is 5.24. The van der Waals surface area contributed by atoms with E-state index in [0.717, 1.165) is 0 Å². The summed E-state index contributed by atoms with van der Waals surface area (Å²) in [5.74, 6) is 1.43. The summed E-state index contributed by atoms with van der Waals surface area (Å²) in [5, 5.41) is 0. The lowest BCUT2D eigenvalue weighted by atomic mass is 10.5. The number of hydrogen-bond donors (Lipinski definition) is 0. The molecule has 0 atom stereocenters. The standard InChI is InChI=1S/C12H22O3/c1-9(2)13-7-11(5)15-12(6)8-14-10(3)4/h7-10H,1-6H3. The molecule has 0 saturated carbocycles. The van der Waals surface area contributed by atoms with E-state index < -0.39 is 0 Å². The van der Waals surface area contributed by atoms with E-state index in [1.54, 1.807) is 12.5 Å². The molecule has 0 bridgehead atoms. The van der Waals surface area contributed by atoms with Crippen LogP contribution >= 0.6 is 0 Å². The Morgan fingerprint density at radius 2 is 1.13 bits per heavy atom. The number of hydrogen-bond acceptors (Lipinski definition) is 3. The van der Waals surface area contributed by atoms with Crippen molar-refractivity contribution in [1.82, 2.24) is 0 Å². The van der Waals surface area contributed by atoms with Gasteiger partial charge in [-0.15, -0.1) is 0 Å². The van der Waals surface area contributed by atoms with Gasteiger partial charge >= 0.3 is 0 Å². The second-order valence-electron chi connectivity index (χ2n) is 3.93. The highest BCUT2D eigenvalue weighted by atomic mass is 16.5. The molecule has 0 spiro atoms. The van der Waals surface area contributed by atoms with E-state index in [0.29, 0.717) is 11.5 Å². The highest BCUT2D eigenvalue weighted by Gasteiger charge is 1.96. The van der Waals surface area contributed by atoms with E-state index in [9.17, 15) is 0 Å². The van der Waals surface area contributed by atoms with Crippen LogP contribution in [0.15, 0.2) is 24.0 Å². The Morgan fingerprint density at radius 1 is 0.800 bits per heavy atom. The van der Waals surface area contributed by atoms with Gasteiger partial charge in [0, 0.05) is 0 Å². The van der Waals surface area contributed by atoms with Gasteiger partial charge < -0.3 is 14.2 Å². The van der Waals surface area contributed by atoms with Crippen LogP contribution in [0.25, 0.3) is 0 Å². The number of rotatable bonds is 6. The first kappa shape index (κ1) is 13.9. The van der Waals surface area contributed by atoms with Gasteiger partial charge in [-0.05, 0) is 41.5 Å². The van der Waals surface area contributed by atoms with Crippen LogP contribution in [0.4, 0.5) is 0 Å². The smallest absolute Gasteiger partial charge is 0.135 e. The van der Waals surface area contributed by atoms with Crippen molar-refractivity contribution in [2.24, 2.45) is 0 Å². The van der Waals surface area contributed by atoms with E-state index in [1.807, 2.05) is 41.5 Å². The van der Waals surface area contributed by atoms with Crippen LogP contribution in [0.1, 0.15) is 41.5 Å². The van der Waals surface area contributed by atoms with E-state index in [4.69, 9.17) is 14.2 Å². The van der Waals surface area contributed by atoms with Crippen LogP contribution in [0, 0.1) is 0 Å². The minimum Gasteiger partial charge on any atom is -0.495 e. The predicted octanol–water partition coefficient (Wildman–Crippen LogP) is 3.58. The topological polar surface area (TPSA) is 27.7 Å². The zero-order valence-corrected chi connectivity index (χ0v) is 10.5. The Kier molecular flexibility index (Phi) is 6.67. The van der Waals surface area contributed by atoms with Gasteiger partial charge in [-0.3, -0.25) is 0 Å². The summed E-state index contributed by atoms with van der Waals surface area (Å²) < 4.78 is 16.0. The number of ether oxygens (including phenoxy) is 3. The summed E-state index contributed by atoms with van der Waals surface area (Å²) in [6, 6.07) is 0. The molecule has 0 saturated heterocycles. The van der Waals surface area contributed by atoms with Crippen LogP contribution in [0.2, 0.25) is 0 Å². The Balaban J connectivity index is 3.99. The van der Waals surface area contributed by atoms with Gasteiger partial charge in [-0.25, -0.2) is 0 Å². The highest BCUT2D eigenvalue weighted by molar-refractivity contribution is 4.92. The third-order valence-electron chi connectivity index (χ3n) is 1.33. The lowest BCUT2D eigenvalue weighted by molar-refractivity contribution is 0.147. The summed E-state index contributed by atoms with van der Waals surface area (Å²) >= 11 is 0. The SMILES string of the molecule is CC(=COC(C)C)OC(C)=COC(C)C. The average Bonchev–Trinajstić information content (AvgIpc) is 2.11. The molecule has 0 aliphatic carbocycles. The van der Waals surface area contributed by atoms with Crippen molar-refractivity contribution < 1.29 is 14.2 Å². The molecule has 0 N–H and O–H groups in total. The van der Waals surface area contributed by atoms with Gasteiger partial charge in [0.25, 0.3) is 0 Å². The van der Waals surface area contributed by atoms with Gasteiger partial charge in [-0.1, -0.05) is 0 Å². The van der Waals surface area contributed by atoms with Crippen molar-refractivity contribution in [2.45, 2.75) is 53.8 Å². The van der Waals surface area contributed by atoms with E-state index in [1.165, 1.54) is 0 Å². The first-order valence-electron chi connectivity index (χ1n) is 5.24. The molecule has 0 aliphatic rings. The van der Waals surface area contributed by atoms with Gasteiger partial charge in [0.1, 0.15) is 24.0 Å². The molecule has 0 radical (unpaired) electrons. The summed E-state index contributed by atoms with van der Waals surface area (Å²) in [4.78, 5) is 0. The zero-order valence-electron chi connectivity index (χ0n) is 10.5. The van der Waals surface area contributed by atoms with Gasteiger partial charge in [0.2, 0.25) is 0 Å². The molecule has 0 aromatic carbocycles. The van der Waals surface area contributed by atoms with Crippen LogP contribution in [0.5, 0.6) is 0 Å². The molecule has 0 aromatic heterocycles. The fraction of sp³-hybridized carbons (Fsp3) is 0.667. The molecule has 0 unspecified atom stereocenters. The van der Waals surface area contributed by atoms with Crippen molar-refractivity contribution in [3.05, 3.63) is 24.0 Å². The largest absolute Gasteiger partial charge is 0.495 e. The normalized spacial score (nSPS) is 13.3. The molecular formula is C12H22O3. The first-order chi connectivity index (χ1) is 6.91. The third-order valence-corrected chi connectivity index (χ3v) is 1.33. The van der Waals surface area contributed by atoms with Crippen LogP contribution in [0.3, 0.4) is 0 Å². The Labute approximate surface area is 92.7 Å². The monoisotopic (exact) mass is 214 g/mol. The maximum Gasteiger partial charge on any atom is 0.135 e. The molecule has 0 aromatic rings. The van der Waals surface area contributed by atoms with Crippen molar-refractivity contribution in [1.29, 1.82) is 0 Å². The quantitative estimate of drug-likeness (QED) is 0.632. The molecule has 3 heteroatoms. The van der Waals surface area contributed by atoms with E-state index in [-0.39, 0.29) is 12.2 Å². The maximum absolute atomic E-state index is 5.42. The molecule has 0 amide bonds. The molecule has 0 rings (SSSR count). The Bertz CT molecular complexity index is 203. The molecule has 15 heavy (non-hydrogen) atoms. The maximum atomic E-state index is 5.42. The van der Waals surface area contributed by atoms with Gasteiger partial charge in [-0.2, -0.15) is 0 Å². The van der Waals surface area contributed by atoms with Crippen molar-refractivity contribution in [2.75, 3.05) is 0 Å². The second kappa shape index (κ2) is 7.21. The summed E-state index contributed by atoms with van der Waals surface area (Å²) in [5.41, 5.74) is 0. The predicted molar refractivity (Wildman–Crippen MR) is 61.0 cm³/mol. The second-order valence-corrected chi connectivity index (χ2v) is 3.93. The molecule has 0 fully saturated rings. The van der Waals surface area contributed by atoms with Gasteiger partial charge in [0.05, 0.1) is 12.2 Å².